The molecule has 0 heterocycles. The molecule has 0 spiro atoms. The zero-order chi connectivity index (χ0) is 49.3. The van der Waals surface area contributed by atoms with Crippen molar-refractivity contribution in [2.75, 3.05) is 13.2 Å². The Morgan fingerprint density at radius 3 is 0.735 bits per heavy atom. The summed E-state index contributed by atoms with van der Waals surface area (Å²) in [6.07, 6.45) is 68.5. The Hall–Kier alpha value is -2.37. The molecule has 0 bridgehead atoms. The van der Waals surface area contributed by atoms with Gasteiger partial charge in [-0.15, -0.1) is 0 Å². The highest BCUT2D eigenvalue weighted by Gasteiger charge is 2.19. The molecule has 0 saturated carbocycles. The molecular formula is C62H114O6. The first kappa shape index (κ1) is 65.6. The molecule has 1 atom stereocenters. The van der Waals surface area contributed by atoms with E-state index in [1.807, 2.05) is 0 Å². The van der Waals surface area contributed by atoms with Crippen LogP contribution < -0.4 is 0 Å². The van der Waals surface area contributed by atoms with E-state index in [0.717, 1.165) is 64.2 Å². The van der Waals surface area contributed by atoms with Crippen molar-refractivity contribution in [3.8, 4) is 0 Å². The average Bonchev–Trinajstić information content (AvgIpc) is 3.34. The van der Waals surface area contributed by atoms with Crippen LogP contribution >= 0.6 is 0 Å². The molecule has 0 saturated heterocycles. The van der Waals surface area contributed by atoms with Gasteiger partial charge in [0.05, 0.1) is 0 Å². The lowest BCUT2D eigenvalue weighted by Crippen LogP contribution is -2.30. The highest BCUT2D eigenvalue weighted by atomic mass is 16.6. The van der Waals surface area contributed by atoms with Crippen LogP contribution in [-0.2, 0) is 28.6 Å². The van der Waals surface area contributed by atoms with Crippen LogP contribution in [0.15, 0.2) is 36.5 Å². The normalized spacial score (nSPS) is 12.2. The van der Waals surface area contributed by atoms with Crippen molar-refractivity contribution < 1.29 is 28.6 Å². The zero-order valence-corrected chi connectivity index (χ0v) is 45.6. The fourth-order valence-corrected chi connectivity index (χ4v) is 8.78. The lowest BCUT2D eigenvalue weighted by Gasteiger charge is -2.18. The van der Waals surface area contributed by atoms with E-state index in [1.165, 1.54) is 218 Å². The number of hydrogen-bond acceptors (Lipinski definition) is 6. The fraction of sp³-hybridized carbons (Fsp3) is 0.855. The third-order valence-corrected chi connectivity index (χ3v) is 13.3. The topological polar surface area (TPSA) is 78.9 Å². The molecule has 6 nitrogen and oxygen atoms in total. The Balaban J connectivity index is 4.35. The monoisotopic (exact) mass is 955 g/mol. The zero-order valence-electron chi connectivity index (χ0n) is 45.6. The van der Waals surface area contributed by atoms with Crippen molar-refractivity contribution >= 4 is 17.9 Å². The minimum atomic E-state index is -0.777. The molecular weight excluding hydrogens is 841 g/mol. The highest BCUT2D eigenvalue weighted by molar-refractivity contribution is 5.71. The molecule has 0 aliphatic heterocycles. The molecule has 0 aliphatic rings. The van der Waals surface area contributed by atoms with E-state index in [1.54, 1.807) is 0 Å². The van der Waals surface area contributed by atoms with Crippen LogP contribution in [0, 0.1) is 0 Å². The van der Waals surface area contributed by atoms with Gasteiger partial charge in [0.1, 0.15) is 13.2 Å². The second-order valence-electron chi connectivity index (χ2n) is 20.2. The van der Waals surface area contributed by atoms with E-state index in [9.17, 15) is 14.4 Å². The minimum absolute atomic E-state index is 0.0751. The maximum absolute atomic E-state index is 12.9. The summed E-state index contributed by atoms with van der Waals surface area (Å²) in [6, 6.07) is 0. The van der Waals surface area contributed by atoms with Gasteiger partial charge in [-0.2, -0.15) is 0 Å². The van der Waals surface area contributed by atoms with Crippen LogP contribution in [0.4, 0.5) is 0 Å². The van der Waals surface area contributed by atoms with Crippen LogP contribution in [0.25, 0.3) is 0 Å². The first-order valence-corrected chi connectivity index (χ1v) is 30.0. The van der Waals surface area contributed by atoms with Gasteiger partial charge in [-0.1, -0.05) is 243 Å². The van der Waals surface area contributed by atoms with Crippen LogP contribution in [0.2, 0.25) is 0 Å². The molecule has 0 unspecified atom stereocenters. The maximum atomic E-state index is 12.9. The Morgan fingerprint density at radius 2 is 0.485 bits per heavy atom. The lowest BCUT2D eigenvalue weighted by molar-refractivity contribution is -0.167. The van der Waals surface area contributed by atoms with Gasteiger partial charge in [-0.05, 0) is 96.3 Å². The number of rotatable bonds is 55. The maximum Gasteiger partial charge on any atom is 0.306 e. The predicted octanol–water partition coefficient (Wildman–Crippen LogP) is 20.0. The van der Waals surface area contributed by atoms with Crippen LogP contribution in [-0.4, -0.2) is 37.2 Å². The molecule has 68 heavy (non-hydrogen) atoms. The molecule has 6 heteroatoms. The van der Waals surface area contributed by atoms with Gasteiger partial charge in [0.15, 0.2) is 6.10 Å². The molecule has 398 valence electrons. The molecule has 0 fully saturated rings. The number of ether oxygens (including phenoxy) is 3. The Labute approximate surface area is 423 Å². The van der Waals surface area contributed by atoms with Crippen LogP contribution in [0.5, 0.6) is 0 Å². The third kappa shape index (κ3) is 54.6. The highest BCUT2D eigenvalue weighted by Crippen LogP contribution is 2.16. The van der Waals surface area contributed by atoms with E-state index in [2.05, 4.69) is 57.2 Å². The average molecular weight is 956 g/mol. The molecule has 0 aromatic heterocycles. The van der Waals surface area contributed by atoms with Gasteiger partial charge in [-0.25, -0.2) is 0 Å². The molecule has 0 rings (SSSR count). The summed E-state index contributed by atoms with van der Waals surface area (Å²) in [5.41, 5.74) is 0. The molecule has 0 aliphatic carbocycles. The van der Waals surface area contributed by atoms with E-state index in [4.69, 9.17) is 14.2 Å². The van der Waals surface area contributed by atoms with Crippen molar-refractivity contribution in [3.05, 3.63) is 36.5 Å². The van der Waals surface area contributed by atoms with Crippen LogP contribution in [0.3, 0.4) is 0 Å². The Morgan fingerprint density at radius 1 is 0.279 bits per heavy atom. The first-order chi connectivity index (χ1) is 33.5. The van der Waals surface area contributed by atoms with E-state index in [-0.39, 0.29) is 31.1 Å². The van der Waals surface area contributed by atoms with Crippen molar-refractivity contribution in [3.63, 3.8) is 0 Å². The second kappa shape index (κ2) is 57.2. The summed E-state index contributed by atoms with van der Waals surface area (Å²) < 4.78 is 16.9. The number of allylic oxidation sites excluding steroid dienone is 6. The lowest BCUT2D eigenvalue weighted by atomic mass is 10.1. The molecule has 0 radical (unpaired) electrons. The van der Waals surface area contributed by atoms with Crippen molar-refractivity contribution in [1.29, 1.82) is 0 Å². The van der Waals surface area contributed by atoms with Gasteiger partial charge in [0.25, 0.3) is 0 Å². The third-order valence-electron chi connectivity index (χ3n) is 13.3. The van der Waals surface area contributed by atoms with E-state index >= 15 is 0 Å². The van der Waals surface area contributed by atoms with Gasteiger partial charge in [0.2, 0.25) is 0 Å². The SMILES string of the molecule is CCCCCCC/C=C/CCCCCCCC(=O)OC[C@H](COC(=O)CCCCCCCCCCC/C=C/CCCCCCCC)OC(=O)CCCCCCCCC/C=C/CCCCCCCC. The van der Waals surface area contributed by atoms with Gasteiger partial charge < -0.3 is 14.2 Å². The Bertz CT molecular complexity index is 1140. The van der Waals surface area contributed by atoms with E-state index in [0.29, 0.717) is 19.3 Å². The number of unbranched alkanes of at least 4 members (excludes halogenated alkanes) is 38. The summed E-state index contributed by atoms with van der Waals surface area (Å²) in [5, 5.41) is 0. The summed E-state index contributed by atoms with van der Waals surface area (Å²) in [4.78, 5) is 38.2. The summed E-state index contributed by atoms with van der Waals surface area (Å²) in [7, 11) is 0. The number of carbonyl (C=O) groups is 3. The molecule has 0 N–H and O–H groups in total. The van der Waals surface area contributed by atoms with Crippen molar-refractivity contribution in [1.82, 2.24) is 0 Å². The first-order valence-electron chi connectivity index (χ1n) is 30.0. The largest absolute Gasteiger partial charge is 0.462 e. The van der Waals surface area contributed by atoms with E-state index < -0.39 is 6.10 Å². The van der Waals surface area contributed by atoms with Crippen molar-refractivity contribution in [2.45, 2.75) is 329 Å². The van der Waals surface area contributed by atoms with Gasteiger partial charge >= 0.3 is 17.9 Å². The summed E-state index contributed by atoms with van der Waals surface area (Å²) >= 11 is 0. The molecule has 0 aromatic carbocycles. The predicted molar refractivity (Wildman–Crippen MR) is 293 cm³/mol. The van der Waals surface area contributed by atoms with Gasteiger partial charge in [0, 0.05) is 19.3 Å². The summed E-state index contributed by atoms with van der Waals surface area (Å²) in [6.45, 7) is 6.65. The van der Waals surface area contributed by atoms with Gasteiger partial charge in [-0.3, -0.25) is 14.4 Å². The summed E-state index contributed by atoms with van der Waals surface area (Å²) in [5.74, 6) is -0.873. The smallest absolute Gasteiger partial charge is 0.306 e. The number of esters is 3. The quantitative estimate of drug-likeness (QED) is 0.0262. The Kier molecular flexibility index (Phi) is 55.2. The fourth-order valence-electron chi connectivity index (χ4n) is 8.78. The minimum Gasteiger partial charge on any atom is -0.462 e. The molecule has 0 aromatic rings. The van der Waals surface area contributed by atoms with Crippen molar-refractivity contribution in [2.24, 2.45) is 0 Å². The second-order valence-corrected chi connectivity index (χ2v) is 20.2. The standard InChI is InChI=1S/C62H114O6/c1-4-7-10-13-16-19-22-25-28-30-31-33-34-37-40-43-46-49-52-55-61(64)67-58-59(57-66-60(63)54-51-48-45-42-39-36-27-24-21-18-15-12-9-6-3)68-62(65)56-53-50-47-44-41-38-35-32-29-26-23-20-17-14-11-8-5-2/h24-29,59H,4-23,30-58H2,1-3H3/b27-24+,28-25+,29-26+/t59-/m1/s1. The number of hydrogen-bond donors (Lipinski definition) is 0. The number of carbonyl (C=O) groups excluding carboxylic acids is 3. The van der Waals surface area contributed by atoms with Crippen LogP contribution in [0.1, 0.15) is 323 Å². The molecule has 0 amide bonds.